The second-order valence-corrected chi connectivity index (χ2v) is 8.54. The molecule has 0 fully saturated rings. The van der Waals surface area contributed by atoms with E-state index >= 15 is 0 Å². The van der Waals surface area contributed by atoms with Crippen molar-refractivity contribution in [3.8, 4) is 0 Å². The zero-order valence-electron chi connectivity index (χ0n) is 17.4. The van der Waals surface area contributed by atoms with Crippen molar-refractivity contribution in [1.29, 1.82) is 0 Å². The lowest BCUT2D eigenvalue weighted by molar-refractivity contribution is -0.121. The standard InChI is InChI=1S/C25H27N3OS/c1-28(2)20-10-8-19(9-11-20)22(23-16-26-24-6-4-3-5-21(23)24)15-27-25(29)12-7-18-13-14-30-17-18/h3-6,8-11,13-14,16-17,22,26H,7,12,15H2,1-2H3,(H,27,29)/t22-/m1/s1. The van der Waals surface area contributed by atoms with Crippen molar-refractivity contribution in [1.82, 2.24) is 10.3 Å². The fraction of sp³-hybridized carbons (Fsp3) is 0.240. The van der Waals surface area contributed by atoms with Gasteiger partial charge < -0.3 is 15.2 Å². The first kappa shape index (κ1) is 20.2. The van der Waals surface area contributed by atoms with Crippen molar-refractivity contribution in [3.63, 3.8) is 0 Å². The van der Waals surface area contributed by atoms with Crippen LogP contribution in [-0.2, 0) is 11.2 Å². The summed E-state index contributed by atoms with van der Waals surface area (Å²) in [6.07, 6.45) is 3.37. The second-order valence-electron chi connectivity index (χ2n) is 7.76. The number of carbonyl (C=O) groups excluding carboxylic acids is 1. The number of fused-ring (bicyclic) bond motifs is 1. The molecule has 0 aliphatic heterocycles. The van der Waals surface area contributed by atoms with Crippen LogP contribution in [0.25, 0.3) is 10.9 Å². The summed E-state index contributed by atoms with van der Waals surface area (Å²) < 4.78 is 0. The van der Waals surface area contributed by atoms with Gasteiger partial charge >= 0.3 is 0 Å². The highest BCUT2D eigenvalue weighted by Crippen LogP contribution is 2.31. The van der Waals surface area contributed by atoms with Gasteiger partial charge in [-0.05, 0) is 58.1 Å². The van der Waals surface area contributed by atoms with Crippen LogP contribution in [0.1, 0.15) is 29.0 Å². The Kier molecular flexibility index (Phi) is 6.19. The molecule has 1 atom stereocenters. The van der Waals surface area contributed by atoms with Gasteiger partial charge in [0.15, 0.2) is 0 Å². The van der Waals surface area contributed by atoms with E-state index in [0.29, 0.717) is 13.0 Å². The summed E-state index contributed by atoms with van der Waals surface area (Å²) in [6, 6.07) is 19.0. The monoisotopic (exact) mass is 417 g/mol. The summed E-state index contributed by atoms with van der Waals surface area (Å²) in [5, 5.41) is 8.53. The molecule has 4 aromatic rings. The van der Waals surface area contributed by atoms with E-state index in [2.05, 4.69) is 80.7 Å². The lowest BCUT2D eigenvalue weighted by Crippen LogP contribution is -2.29. The van der Waals surface area contributed by atoms with E-state index in [1.165, 1.54) is 22.1 Å². The number of carbonyl (C=O) groups is 1. The Morgan fingerprint density at radius 1 is 1.10 bits per heavy atom. The molecule has 1 amide bonds. The summed E-state index contributed by atoms with van der Waals surface area (Å²) in [4.78, 5) is 18.0. The highest BCUT2D eigenvalue weighted by molar-refractivity contribution is 7.07. The van der Waals surface area contributed by atoms with E-state index in [0.717, 1.165) is 17.6 Å². The first-order valence-corrected chi connectivity index (χ1v) is 11.2. The zero-order chi connectivity index (χ0) is 20.9. The molecule has 0 saturated heterocycles. The molecule has 2 aromatic carbocycles. The number of benzene rings is 2. The first-order valence-electron chi connectivity index (χ1n) is 10.2. The molecule has 0 radical (unpaired) electrons. The molecule has 4 rings (SSSR count). The highest BCUT2D eigenvalue weighted by Gasteiger charge is 2.19. The number of H-pyrrole nitrogens is 1. The van der Waals surface area contributed by atoms with Gasteiger partial charge in [0, 0.05) is 55.8 Å². The Labute approximate surface area is 181 Å². The fourth-order valence-electron chi connectivity index (χ4n) is 3.79. The maximum absolute atomic E-state index is 12.5. The summed E-state index contributed by atoms with van der Waals surface area (Å²) in [5.74, 6) is 0.179. The minimum Gasteiger partial charge on any atom is -0.378 e. The van der Waals surface area contributed by atoms with Crippen molar-refractivity contribution in [2.24, 2.45) is 0 Å². The summed E-state index contributed by atoms with van der Waals surface area (Å²) in [6.45, 7) is 0.575. The number of aromatic nitrogens is 1. The molecule has 0 bridgehead atoms. The van der Waals surface area contributed by atoms with Crippen LogP contribution in [0.5, 0.6) is 0 Å². The Morgan fingerprint density at radius 2 is 1.90 bits per heavy atom. The van der Waals surface area contributed by atoms with Gasteiger partial charge in [-0.25, -0.2) is 0 Å². The molecule has 4 nitrogen and oxygen atoms in total. The van der Waals surface area contributed by atoms with Crippen molar-refractivity contribution < 1.29 is 4.79 Å². The lowest BCUT2D eigenvalue weighted by atomic mass is 9.90. The number of aryl methyl sites for hydroxylation is 1. The summed E-state index contributed by atoms with van der Waals surface area (Å²) >= 11 is 1.67. The largest absolute Gasteiger partial charge is 0.378 e. The van der Waals surface area contributed by atoms with Crippen LogP contribution in [-0.4, -0.2) is 31.5 Å². The van der Waals surface area contributed by atoms with Crippen molar-refractivity contribution in [3.05, 3.63) is 88.2 Å². The Balaban J connectivity index is 1.55. The number of nitrogens with one attached hydrogen (secondary N) is 2. The first-order chi connectivity index (χ1) is 14.6. The number of anilines is 1. The molecule has 0 aliphatic carbocycles. The number of hydrogen-bond donors (Lipinski definition) is 2. The van der Waals surface area contributed by atoms with Crippen LogP contribution >= 0.6 is 11.3 Å². The summed E-state index contributed by atoms with van der Waals surface area (Å²) in [7, 11) is 4.08. The lowest BCUT2D eigenvalue weighted by Gasteiger charge is -2.20. The van der Waals surface area contributed by atoms with E-state index in [-0.39, 0.29) is 11.8 Å². The van der Waals surface area contributed by atoms with Crippen LogP contribution in [0.15, 0.2) is 71.6 Å². The third-order valence-electron chi connectivity index (χ3n) is 5.53. The molecule has 2 N–H and O–H groups in total. The van der Waals surface area contributed by atoms with Crippen LogP contribution < -0.4 is 10.2 Å². The minimum absolute atomic E-state index is 0.0856. The van der Waals surface area contributed by atoms with Gasteiger partial charge in [0.2, 0.25) is 5.91 Å². The average Bonchev–Trinajstić information content (AvgIpc) is 3.43. The number of rotatable bonds is 8. The van der Waals surface area contributed by atoms with Crippen molar-refractivity contribution in [2.45, 2.75) is 18.8 Å². The van der Waals surface area contributed by atoms with Crippen molar-refractivity contribution in [2.75, 3.05) is 25.5 Å². The molecule has 154 valence electrons. The van der Waals surface area contributed by atoms with E-state index in [9.17, 15) is 4.79 Å². The molecular weight excluding hydrogens is 390 g/mol. The van der Waals surface area contributed by atoms with E-state index < -0.39 is 0 Å². The number of para-hydroxylation sites is 1. The molecule has 0 spiro atoms. The minimum atomic E-state index is 0.0856. The molecule has 2 aromatic heterocycles. The number of nitrogens with zero attached hydrogens (tertiary/aromatic N) is 1. The van der Waals surface area contributed by atoms with Gasteiger partial charge in [0.05, 0.1) is 0 Å². The van der Waals surface area contributed by atoms with E-state index in [4.69, 9.17) is 0 Å². The Bertz CT molecular complexity index is 1100. The number of hydrogen-bond acceptors (Lipinski definition) is 3. The van der Waals surface area contributed by atoms with Gasteiger partial charge in [0.1, 0.15) is 0 Å². The smallest absolute Gasteiger partial charge is 0.220 e. The summed E-state index contributed by atoms with van der Waals surface area (Å²) in [5.41, 5.74) is 5.91. The van der Waals surface area contributed by atoms with Gasteiger partial charge in [0.25, 0.3) is 0 Å². The maximum Gasteiger partial charge on any atom is 0.220 e. The third-order valence-corrected chi connectivity index (χ3v) is 6.26. The SMILES string of the molecule is CN(C)c1ccc([C@@H](CNC(=O)CCc2ccsc2)c2c[nH]c3ccccc23)cc1. The second kappa shape index (κ2) is 9.18. The van der Waals surface area contributed by atoms with Gasteiger partial charge in [-0.3, -0.25) is 4.79 Å². The maximum atomic E-state index is 12.5. The van der Waals surface area contributed by atoms with Gasteiger partial charge in [-0.1, -0.05) is 30.3 Å². The predicted molar refractivity (Wildman–Crippen MR) is 127 cm³/mol. The van der Waals surface area contributed by atoms with Crippen molar-refractivity contribution >= 4 is 33.8 Å². The molecule has 0 unspecified atom stereocenters. The van der Waals surface area contributed by atoms with Crippen LogP contribution in [0.3, 0.4) is 0 Å². The molecule has 0 saturated carbocycles. The van der Waals surface area contributed by atoms with Crippen LogP contribution in [0.2, 0.25) is 0 Å². The van der Waals surface area contributed by atoms with Gasteiger partial charge in [-0.15, -0.1) is 0 Å². The number of aromatic amines is 1. The molecule has 30 heavy (non-hydrogen) atoms. The topological polar surface area (TPSA) is 48.1 Å². The Morgan fingerprint density at radius 3 is 2.63 bits per heavy atom. The number of thiophene rings is 1. The zero-order valence-corrected chi connectivity index (χ0v) is 18.2. The normalized spacial score (nSPS) is 12.1. The van der Waals surface area contributed by atoms with E-state index in [1.54, 1.807) is 11.3 Å². The fourth-order valence-corrected chi connectivity index (χ4v) is 4.49. The Hall–Kier alpha value is -3.05. The molecule has 2 heterocycles. The highest BCUT2D eigenvalue weighted by atomic mass is 32.1. The molecule has 0 aliphatic rings. The third kappa shape index (κ3) is 4.57. The van der Waals surface area contributed by atoms with Crippen LogP contribution in [0.4, 0.5) is 5.69 Å². The average molecular weight is 418 g/mol. The quantitative estimate of drug-likeness (QED) is 0.415. The predicted octanol–water partition coefficient (Wildman–Crippen LogP) is 5.18. The van der Waals surface area contributed by atoms with Crippen LogP contribution in [0, 0.1) is 0 Å². The number of amides is 1. The molecule has 5 heteroatoms. The van der Waals surface area contributed by atoms with Gasteiger partial charge in [-0.2, -0.15) is 11.3 Å². The molecular formula is C25H27N3OS. The van der Waals surface area contributed by atoms with E-state index in [1.807, 2.05) is 20.2 Å².